The summed E-state index contributed by atoms with van der Waals surface area (Å²) in [4.78, 5) is 51.4. The van der Waals surface area contributed by atoms with Crippen molar-refractivity contribution in [1.29, 1.82) is 0 Å². The third-order valence-electron chi connectivity index (χ3n) is 6.43. The van der Waals surface area contributed by atoms with E-state index >= 15 is 0 Å². The van der Waals surface area contributed by atoms with E-state index in [-0.39, 0.29) is 24.8 Å². The van der Waals surface area contributed by atoms with Gasteiger partial charge in [-0.3, -0.25) is 14.4 Å². The first-order valence-electron chi connectivity index (χ1n) is 12.8. The molecule has 1 saturated heterocycles. The summed E-state index contributed by atoms with van der Waals surface area (Å²) in [6.45, 7) is 0.748. The van der Waals surface area contributed by atoms with Gasteiger partial charge in [0.1, 0.15) is 18.1 Å². The molecule has 38 heavy (non-hydrogen) atoms. The third-order valence-corrected chi connectivity index (χ3v) is 7.08. The van der Waals surface area contributed by atoms with Gasteiger partial charge in [0.15, 0.2) is 0 Å². The summed E-state index contributed by atoms with van der Waals surface area (Å²) in [5, 5.41) is 21.1. The largest absolute Gasteiger partial charge is 0.480 e. The number of hydrogen-bond acceptors (Lipinski definition) is 6. The molecule has 2 aromatic carbocycles. The number of carbonyl (C=O) groups is 4. The van der Waals surface area contributed by atoms with Crippen molar-refractivity contribution in [2.75, 3.05) is 18.6 Å². The second-order valence-electron chi connectivity index (χ2n) is 9.33. The predicted molar refractivity (Wildman–Crippen MR) is 148 cm³/mol. The first kappa shape index (κ1) is 29.2. The quantitative estimate of drug-likeness (QED) is 0.245. The van der Waals surface area contributed by atoms with Gasteiger partial charge < -0.3 is 26.4 Å². The Labute approximate surface area is 227 Å². The molecule has 1 aliphatic rings. The molecule has 0 radical (unpaired) electrons. The minimum Gasteiger partial charge on any atom is -0.480 e. The molecular formula is C28H36N4O5S. The monoisotopic (exact) mass is 540 g/mol. The molecule has 9 nitrogen and oxygen atoms in total. The maximum Gasteiger partial charge on any atom is 0.326 e. The normalized spacial score (nSPS) is 17.1. The first-order chi connectivity index (χ1) is 18.4. The van der Waals surface area contributed by atoms with E-state index in [2.05, 4.69) is 21.3 Å². The van der Waals surface area contributed by atoms with Gasteiger partial charge in [0, 0.05) is 12.8 Å². The lowest BCUT2D eigenvalue weighted by molar-refractivity contribution is -0.142. The molecule has 2 aromatic rings. The van der Waals surface area contributed by atoms with E-state index < -0.39 is 35.9 Å². The van der Waals surface area contributed by atoms with E-state index in [0.717, 1.165) is 24.1 Å². The molecule has 0 aromatic heterocycles. The summed E-state index contributed by atoms with van der Waals surface area (Å²) in [6, 6.07) is 15.0. The Bertz CT molecular complexity index is 1060. The average molecular weight is 541 g/mol. The average Bonchev–Trinajstić information content (AvgIpc) is 3.46. The standard InChI is InChI=1S/C28H36N4O5S/c1-38-16-14-22(26(34)32-24(28(36)37)18-20-11-6-3-7-12-20)30-27(35)23(17-19-9-4-2-5-10-19)31-25(33)21-13-8-15-29-21/h2-7,9-12,21-24,29H,8,13-18H2,1H3,(H,30,35)(H,31,33)(H,32,34)(H,36,37). The van der Waals surface area contributed by atoms with Crippen LogP contribution in [0.1, 0.15) is 30.4 Å². The van der Waals surface area contributed by atoms with Gasteiger partial charge in [-0.2, -0.15) is 11.8 Å². The van der Waals surface area contributed by atoms with Gasteiger partial charge in [-0.05, 0) is 48.9 Å². The van der Waals surface area contributed by atoms with Gasteiger partial charge >= 0.3 is 5.97 Å². The fourth-order valence-electron chi connectivity index (χ4n) is 4.34. The molecule has 0 spiro atoms. The minimum atomic E-state index is -1.16. The maximum atomic E-state index is 13.4. The molecule has 5 N–H and O–H groups in total. The Kier molecular flexibility index (Phi) is 11.6. The van der Waals surface area contributed by atoms with Crippen molar-refractivity contribution in [3.63, 3.8) is 0 Å². The number of rotatable bonds is 14. The zero-order valence-electron chi connectivity index (χ0n) is 21.5. The van der Waals surface area contributed by atoms with Crippen LogP contribution >= 0.6 is 11.8 Å². The van der Waals surface area contributed by atoms with Crippen molar-refractivity contribution in [3.05, 3.63) is 71.8 Å². The van der Waals surface area contributed by atoms with Gasteiger partial charge in [-0.1, -0.05) is 60.7 Å². The van der Waals surface area contributed by atoms with E-state index in [1.54, 1.807) is 24.3 Å². The molecule has 4 unspecified atom stereocenters. The SMILES string of the molecule is CSCCC(NC(=O)C(Cc1ccccc1)NC(=O)C1CCCN1)C(=O)NC(Cc1ccccc1)C(=O)O. The number of thioether (sulfide) groups is 1. The van der Waals surface area contributed by atoms with Crippen LogP contribution in [-0.2, 0) is 32.0 Å². The zero-order chi connectivity index (χ0) is 27.3. The summed E-state index contributed by atoms with van der Waals surface area (Å²) in [6.07, 6.45) is 4.16. The number of carbonyl (C=O) groups excluding carboxylic acids is 3. The number of benzene rings is 2. The van der Waals surface area contributed by atoms with Crippen LogP contribution < -0.4 is 21.3 Å². The van der Waals surface area contributed by atoms with Crippen LogP contribution in [0.15, 0.2) is 60.7 Å². The highest BCUT2D eigenvalue weighted by molar-refractivity contribution is 7.98. The molecule has 10 heteroatoms. The van der Waals surface area contributed by atoms with Gasteiger partial charge in [0.25, 0.3) is 0 Å². The lowest BCUT2D eigenvalue weighted by atomic mass is 10.0. The predicted octanol–water partition coefficient (Wildman–Crippen LogP) is 1.52. The van der Waals surface area contributed by atoms with Crippen LogP contribution in [0.25, 0.3) is 0 Å². The van der Waals surface area contributed by atoms with Crippen molar-refractivity contribution in [1.82, 2.24) is 21.3 Å². The van der Waals surface area contributed by atoms with Crippen LogP contribution in [0.4, 0.5) is 0 Å². The molecule has 204 valence electrons. The van der Waals surface area contributed by atoms with Crippen LogP contribution in [0.5, 0.6) is 0 Å². The van der Waals surface area contributed by atoms with Gasteiger partial charge in [-0.15, -0.1) is 0 Å². The van der Waals surface area contributed by atoms with Gasteiger partial charge in [0.05, 0.1) is 6.04 Å². The first-order valence-corrected chi connectivity index (χ1v) is 14.2. The number of carboxylic acids is 1. The molecule has 3 rings (SSSR count). The highest BCUT2D eigenvalue weighted by Gasteiger charge is 2.31. The van der Waals surface area contributed by atoms with Crippen LogP contribution in [0, 0.1) is 0 Å². The van der Waals surface area contributed by atoms with Gasteiger partial charge in [-0.25, -0.2) is 4.79 Å². The zero-order valence-corrected chi connectivity index (χ0v) is 22.3. The van der Waals surface area contributed by atoms with E-state index in [1.807, 2.05) is 42.7 Å². The maximum absolute atomic E-state index is 13.4. The fraction of sp³-hybridized carbons (Fsp3) is 0.429. The Balaban J connectivity index is 1.72. The molecule has 0 bridgehead atoms. The van der Waals surface area contributed by atoms with Crippen molar-refractivity contribution in [3.8, 4) is 0 Å². The molecule has 1 aliphatic heterocycles. The van der Waals surface area contributed by atoms with Crippen molar-refractivity contribution >= 4 is 35.5 Å². The highest BCUT2D eigenvalue weighted by atomic mass is 32.2. The topological polar surface area (TPSA) is 137 Å². The van der Waals surface area contributed by atoms with E-state index in [0.29, 0.717) is 18.6 Å². The lowest BCUT2D eigenvalue weighted by Gasteiger charge is -2.25. The van der Waals surface area contributed by atoms with Crippen molar-refractivity contribution in [2.24, 2.45) is 0 Å². The second kappa shape index (κ2) is 15.1. The van der Waals surface area contributed by atoms with Crippen molar-refractivity contribution < 1.29 is 24.3 Å². The number of aliphatic carboxylic acids is 1. The Morgan fingerprint density at radius 3 is 1.95 bits per heavy atom. The fourth-order valence-corrected chi connectivity index (χ4v) is 4.81. The second-order valence-corrected chi connectivity index (χ2v) is 10.3. The van der Waals surface area contributed by atoms with Crippen LogP contribution in [0.2, 0.25) is 0 Å². The Hall–Kier alpha value is -3.37. The smallest absolute Gasteiger partial charge is 0.326 e. The number of nitrogens with one attached hydrogen (secondary N) is 4. The third kappa shape index (κ3) is 9.18. The molecule has 1 heterocycles. The molecule has 0 saturated carbocycles. The molecule has 3 amide bonds. The highest BCUT2D eigenvalue weighted by Crippen LogP contribution is 2.10. The number of hydrogen-bond donors (Lipinski definition) is 5. The van der Waals surface area contributed by atoms with E-state index in [4.69, 9.17) is 0 Å². The Morgan fingerprint density at radius 1 is 0.868 bits per heavy atom. The Morgan fingerprint density at radius 2 is 1.42 bits per heavy atom. The van der Waals surface area contributed by atoms with Gasteiger partial charge in [0.2, 0.25) is 17.7 Å². The minimum absolute atomic E-state index is 0.117. The summed E-state index contributed by atoms with van der Waals surface area (Å²) in [7, 11) is 0. The van der Waals surface area contributed by atoms with Crippen LogP contribution in [0.3, 0.4) is 0 Å². The summed E-state index contributed by atoms with van der Waals surface area (Å²) >= 11 is 1.52. The molecule has 0 aliphatic carbocycles. The number of amides is 3. The molecule has 1 fully saturated rings. The summed E-state index contributed by atoms with van der Waals surface area (Å²) in [5.41, 5.74) is 1.64. The van der Waals surface area contributed by atoms with E-state index in [9.17, 15) is 24.3 Å². The van der Waals surface area contributed by atoms with E-state index in [1.165, 1.54) is 11.8 Å². The van der Waals surface area contributed by atoms with Crippen molar-refractivity contribution in [2.45, 2.75) is 56.3 Å². The summed E-state index contributed by atoms with van der Waals surface area (Å²) < 4.78 is 0. The molecule has 4 atom stereocenters. The summed E-state index contributed by atoms with van der Waals surface area (Å²) in [5.74, 6) is -1.89. The lowest BCUT2D eigenvalue weighted by Crippen LogP contribution is -2.57. The van der Waals surface area contributed by atoms with Crippen LogP contribution in [-0.4, -0.2) is 71.5 Å². The molecular weight excluding hydrogens is 504 g/mol. The number of carboxylic acid groups (broad SMARTS) is 1.